The molecule has 2 saturated heterocycles. The Kier molecular flexibility index (Phi) is 4.59. The molecule has 19 heavy (non-hydrogen) atoms. The highest BCUT2D eigenvalue weighted by atomic mass is 16.5. The van der Waals surface area contributed by atoms with Gasteiger partial charge in [0.25, 0.3) is 0 Å². The van der Waals surface area contributed by atoms with E-state index in [1.807, 2.05) is 0 Å². The maximum Gasteiger partial charge on any atom is 0.0644 e. The van der Waals surface area contributed by atoms with Crippen molar-refractivity contribution < 1.29 is 4.74 Å². The number of ether oxygens (including phenoxy) is 1. The highest BCUT2D eigenvalue weighted by Crippen LogP contribution is 2.38. The van der Waals surface area contributed by atoms with Crippen LogP contribution in [0.3, 0.4) is 0 Å². The first-order chi connectivity index (χ1) is 8.88. The van der Waals surface area contributed by atoms with E-state index in [-0.39, 0.29) is 11.1 Å². The van der Waals surface area contributed by atoms with Gasteiger partial charge >= 0.3 is 0 Å². The summed E-state index contributed by atoms with van der Waals surface area (Å²) in [5.74, 6) is 1.72. The third-order valence-electron chi connectivity index (χ3n) is 5.35. The van der Waals surface area contributed by atoms with E-state index in [4.69, 9.17) is 10.5 Å². The van der Waals surface area contributed by atoms with Crippen LogP contribution in [0.4, 0.5) is 0 Å². The van der Waals surface area contributed by atoms with Crippen molar-refractivity contribution in [2.24, 2.45) is 17.6 Å². The molecule has 2 N–H and O–H groups in total. The third-order valence-corrected chi connectivity index (χ3v) is 5.35. The summed E-state index contributed by atoms with van der Waals surface area (Å²) in [6.45, 7) is 13.2. The second kappa shape index (κ2) is 5.71. The third kappa shape index (κ3) is 3.32. The second-order valence-corrected chi connectivity index (χ2v) is 7.53. The summed E-state index contributed by atoms with van der Waals surface area (Å²) in [6, 6.07) is 0. The fraction of sp³-hybridized carbons (Fsp3) is 1.00. The highest BCUT2D eigenvalue weighted by molar-refractivity contribution is 5.00. The number of hydrogen-bond donors (Lipinski definition) is 1. The van der Waals surface area contributed by atoms with Gasteiger partial charge in [-0.15, -0.1) is 0 Å². The smallest absolute Gasteiger partial charge is 0.0644 e. The molecule has 2 fully saturated rings. The number of likely N-dealkylation sites (tertiary alicyclic amines) is 1. The van der Waals surface area contributed by atoms with Crippen LogP contribution in [0.15, 0.2) is 0 Å². The molecule has 0 saturated carbocycles. The summed E-state index contributed by atoms with van der Waals surface area (Å²) in [7, 11) is 0. The van der Waals surface area contributed by atoms with E-state index in [9.17, 15) is 0 Å². The first-order valence-electron chi connectivity index (χ1n) is 7.98. The molecule has 0 bridgehead atoms. The second-order valence-electron chi connectivity index (χ2n) is 7.53. The van der Waals surface area contributed by atoms with Crippen LogP contribution < -0.4 is 5.73 Å². The molecule has 3 nitrogen and oxygen atoms in total. The molecule has 0 aromatic rings. The Morgan fingerprint density at radius 3 is 2.37 bits per heavy atom. The topological polar surface area (TPSA) is 38.5 Å². The Morgan fingerprint density at radius 1 is 1.26 bits per heavy atom. The van der Waals surface area contributed by atoms with Crippen LogP contribution in [-0.4, -0.2) is 42.3 Å². The van der Waals surface area contributed by atoms with Gasteiger partial charge in [0, 0.05) is 18.7 Å². The van der Waals surface area contributed by atoms with Crippen LogP contribution in [0.5, 0.6) is 0 Å². The minimum atomic E-state index is -0.0213. The standard InChI is InChI=1S/C16H32N2O/c1-13(2)14-5-8-18(9-6-14)16(12-17)7-10-19-15(3,4)11-16/h13-14H,5-12,17H2,1-4H3. The molecule has 3 heteroatoms. The molecule has 2 aliphatic heterocycles. The van der Waals surface area contributed by atoms with E-state index in [1.165, 1.54) is 25.9 Å². The molecular formula is C16H32N2O. The van der Waals surface area contributed by atoms with Crippen molar-refractivity contribution >= 4 is 0 Å². The van der Waals surface area contributed by atoms with Gasteiger partial charge in [-0.2, -0.15) is 0 Å². The molecule has 2 heterocycles. The van der Waals surface area contributed by atoms with E-state index in [0.717, 1.165) is 37.8 Å². The summed E-state index contributed by atoms with van der Waals surface area (Å²) < 4.78 is 5.89. The first kappa shape index (κ1) is 15.3. The number of nitrogens with zero attached hydrogens (tertiary/aromatic N) is 1. The molecule has 2 rings (SSSR count). The van der Waals surface area contributed by atoms with Crippen LogP contribution in [0.2, 0.25) is 0 Å². The zero-order chi connectivity index (χ0) is 14.1. The predicted molar refractivity (Wildman–Crippen MR) is 80.2 cm³/mol. The number of rotatable bonds is 3. The summed E-state index contributed by atoms with van der Waals surface area (Å²) in [5, 5.41) is 0. The van der Waals surface area contributed by atoms with Gasteiger partial charge in [-0.05, 0) is 64.5 Å². The molecule has 0 radical (unpaired) electrons. The molecule has 0 amide bonds. The summed E-state index contributed by atoms with van der Waals surface area (Å²) in [6.07, 6.45) is 4.84. The Morgan fingerprint density at radius 2 is 1.89 bits per heavy atom. The Hall–Kier alpha value is -0.120. The van der Waals surface area contributed by atoms with E-state index >= 15 is 0 Å². The fourth-order valence-electron chi connectivity index (χ4n) is 4.06. The van der Waals surface area contributed by atoms with Crippen molar-refractivity contribution in [2.45, 2.75) is 64.5 Å². The molecule has 0 aromatic carbocycles. The Bertz CT molecular complexity index is 295. The fourth-order valence-corrected chi connectivity index (χ4v) is 4.06. The van der Waals surface area contributed by atoms with Crippen molar-refractivity contribution in [3.63, 3.8) is 0 Å². The van der Waals surface area contributed by atoms with Crippen LogP contribution >= 0.6 is 0 Å². The molecule has 1 atom stereocenters. The van der Waals surface area contributed by atoms with Crippen LogP contribution in [0.1, 0.15) is 53.4 Å². The van der Waals surface area contributed by atoms with Gasteiger partial charge in [-0.1, -0.05) is 13.8 Å². The minimum Gasteiger partial charge on any atom is -0.375 e. The number of nitrogens with two attached hydrogens (primary N) is 1. The van der Waals surface area contributed by atoms with Crippen molar-refractivity contribution in [2.75, 3.05) is 26.2 Å². The summed E-state index contributed by atoms with van der Waals surface area (Å²) in [5.41, 5.74) is 6.35. The monoisotopic (exact) mass is 268 g/mol. The first-order valence-corrected chi connectivity index (χ1v) is 7.98. The lowest BCUT2D eigenvalue weighted by atomic mass is 9.77. The van der Waals surface area contributed by atoms with Gasteiger partial charge in [0.1, 0.15) is 0 Å². The number of hydrogen-bond acceptors (Lipinski definition) is 3. The molecule has 0 aromatic heterocycles. The lowest BCUT2D eigenvalue weighted by Gasteiger charge is -2.52. The molecule has 0 aliphatic carbocycles. The van der Waals surface area contributed by atoms with E-state index in [2.05, 4.69) is 32.6 Å². The average Bonchev–Trinajstić information content (AvgIpc) is 2.37. The zero-order valence-electron chi connectivity index (χ0n) is 13.2. The maximum atomic E-state index is 6.19. The highest BCUT2D eigenvalue weighted by Gasteiger charge is 2.44. The normalized spacial score (nSPS) is 33.8. The van der Waals surface area contributed by atoms with Gasteiger partial charge < -0.3 is 10.5 Å². The average molecular weight is 268 g/mol. The van der Waals surface area contributed by atoms with Gasteiger partial charge in [-0.25, -0.2) is 0 Å². The van der Waals surface area contributed by atoms with Gasteiger partial charge in [0.15, 0.2) is 0 Å². The molecule has 1 unspecified atom stereocenters. The summed E-state index contributed by atoms with van der Waals surface area (Å²) in [4.78, 5) is 2.68. The van der Waals surface area contributed by atoms with Gasteiger partial charge in [0.05, 0.1) is 5.60 Å². The largest absolute Gasteiger partial charge is 0.375 e. The maximum absolute atomic E-state index is 6.19. The SMILES string of the molecule is CC(C)C1CCN(C2(CN)CCOC(C)(C)C2)CC1. The van der Waals surface area contributed by atoms with Crippen molar-refractivity contribution in [1.29, 1.82) is 0 Å². The van der Waals surface area contributed by atoms with Gasteiger partial charge in [-0.3, -0.25) is 4.90 Å². The molecule has 112 valence electrons. The van der Waals surface area contributed by atoms with Crippen LogP contribution in [0.25, 0.3) is 0 Å². The van der Waals surface area contributed by atoms with Crippen molar-refractivity contribution in [3.05, 3.63) is 0 Å². The Balaban J connectivity index is 2.02. The van der Waals surface area contributed by atoms with Gasteiger partial charge in [0.2, 0.25) is 0 Å². The summed E-state index contributed by atoms with van der Waals surface area (Å²) >= 11 is 0. The predicted octanol–water partition coefficient (Wildman–Crippen LogP) is 2.64. The van der Waals surface area contributed by atoms with Crippen molar-refractivity contribution in [3.8, 4) is 0 Å². The zero-order valence-corrected chi connectivity index (χ0v) is 13.2. The number of piperidine rings is 1. The van der Waals surface area contributed by atoms with Crippen molar-refractivity contribution in [1.82, 2.24) is 4.90 Å². The minimum absolute atomic E-state index is 0.0213. The molecule has 0 spiro atoms. The lowest BCUT2D eigenvalue weighted by Crippen LogP contribution is -2.62. The van der Waals surface area contributed by atoms with Crippen LogP contribution in [-0.2, 0) is 4.74 Å². The Labute approximate surface area is 118 Å². The molecule has 2 aliphatic rings. The lowest BCUT2D eigenvalue weighted by molar-refractivity contribution is -0.123. The quantitative estimate of drug-likeness (QED) is 0.855. The van der Waals surface area contributed by atoms with E-state index < -0.39 is 0 Å². The van der Waals surface area contributed by atoms with Crippen LogP contribution in [0, 0.1) is 11.8 Å². The van der Waals surface area contributed by atoms with E-state index in [1.54, 1.807) is 0 Å². The molecular weight excluding hydrogens is 236 g/mol. The van der Waals surface area contributed by atoms with E-state index in [0.29, 0.717) is 0 Å².